The molecule has 4 nitrogen and oxygen atoms in total. The molecule has 2 amide bonds. The van der Waals surface area contributed by atoms with Gasteiger partial charge in [-0.25, -0.2) is 0 Å². The molecular formula is C20H22N2O2S. The van der Waals surface area contributed by atoms with Gasteiger partial charge in [-0.05, 0) is 48.2 Å². The number of benzene rings is 2. The number of anilines is 2. The fourth-order valence-electron chi connectivity index (χ4n) is 2.77. The van der Waals surface area contributed by atoms with Crippen molar-refractivity contribution in [3.8, 4) is 0 Å². The summed E-state index contributed by atoms with van der Waals surface area (Å²) in [4.78, 5) is 25.4. The van der Waals surface area contributed by atoms with Crippen LogP contribution in [-0.4, -0.2) is 17.1 Å². The summed E-state index contributed by atoms with van der Waals surface area (Å²) in [6, 6.07) is 15.4. The molecule has 0 aromatic heterocycles. The number of hydrogen-bond donors (Lipinski definition) is 2. The molecule has 130 valence electrons. The van der Waals surface area contributed by atoms with Gasteiger partial charge in [-0.2, -0.15) is 0 Å². The van der Waals surface area contributed by atoms with E-state index in [9.17, 15) is 9.59 Å². The Morgan fingerprint density at radius 2 is 1.68 bits per heavy atom. The van der Waals surface area contributed by atoms with Crippen LogP contribution < -0.4 is 10.6 Å². The minimum Gasteiger partial charge on any atom is -0.326 e. The normalized spacial score (nSPS) is 15.7. The summed E-state index contributed by atoms with van der Waals surface area (Å²) >= 11 is 1.61. The standard InChI is InChI=1S/C20H22N2O2S/c1-13(2)11-19(23)21-15-7-9-16(10-8-15)22-20(24)18-12-14-5-3-4-6-17(14)25-18/h3-10,13,18H,11-12H2,1-2H3,(H,21,23)(H,22,24). The molecule has 1 unspecified atom stereocenters. The van der Waals surface area contributed by atoms with Gasteiger partial charge in [-0.15, -0.1) is 11.8 Å². The fourth-order valence-corrected chi connectivity index (χ4v) is 3.97. The summed E-state index contributed by atoms with van der Waals surface area (Å²) in [5, 5.41) is 5.73. The Balaban J connectivity index is 1.55. The number of carbonyl (C=O) groups excluding carboxylic acids is 2. The van der Waals surface area contributed by atoms with E-state index in [0.29, 0.717) is 12.3 Å². The molecule has 0 spiro atoms. The molecule has 1 aliphatic rings. The van der Waals surface area contributed by atoms with E-state index in [4.69, 9.17) is 0 Å². The first-order valence-electron chi connectivity index (χ1n) is 8.46. The molecule has 25 heavy (non-hydrogen) atoms. The van der Waals surface area contributed by atoms with Crippen LogP contribution in [0.3, 0.4) is 0 Å². The fraction of sp³-hybridized carbons (Fsp3) is 0.300. The lowest BCUT2D eigenvalue weighted by Crippen LogP contribution is -2.24. The van der Waals surface area contributed by atoms with Gasteiger partial charge in [-0.3, -0.25) is 9.59 Å². The second-order valence-electron chi connectivity index (χ2n) is 6.63. The van der Waals surface area contributed by atoms with Crippen molar-refractivity contribution in [2.45, 2.75) is 36.8 Å². The van der Waals surface area contributed by atoms with Crippen LogP contribution in [0, 0.1) is 5.92 Å². The number of amides is 2. The van der Waals surface area contributed by atoms with Crippen molar-refractivity contribution >= 4 is 35.0 Å². The first-order chi connectivity index (χ1) is 12.0. The Kier molecular flexibility index (Phi) is 5.43. The van der Waals surface area contributed by atoms with Gasteiger partial charge >= 0.3 is 0 Å². The first-order valence-corrected chi connectivity index (χ1v) is 9.34. The Morgan fingerprint density at radius 3 is 2.32 bits per heavy atom. The number of fused-ring (bicyclic) bond motifs is 1. The molecular weight excluding hydrogens is 332 g/mol. The zero-order chi connectivity index (χ0) is 17.8. The molecule has 0 saturated carbocycles. The summed E-state index contributed by atoms with van der Waals surface area (Å²) in [5.41, 5.74) is 2.71. The van der Waals surface area contributed by atoms with Gasteiger partial charge in [0.1, 0.15) is 0 Å². The molecule has 0 saturated heterocycles. The van der Waals surface area contributed by atoms with Crippen LogP contribution >= 0.6 is 11.8 Å². The summed E-state index contributed by atoms with van der Waals surface area (Å²) in [5.74, 6) is 0.344. The zero-order valence-corrected chi connectivity index (χ0v) is 15.2. The quantitative estimate of drug-likeness (QED) is 0.840. The molecule has 1 atom stereocenters. The van der Waals surface area contributed by atoms with E-state index in [2.05, 4.69) is 22.8 Å². The minimum absolute atomic E-state index is 0.00639. The van der Waals surface area contributed by atoms with E-state index in [0.717, 1.165) is 17.8 Å². The molecule has 5 heteroatoms. The van der Waals surface area contributed by atoms with Gasteiger partial charge in [0.25, 0.3) is 0 Å². The molecule has 1 aliphatic heterocycles. The smallest absolute Gasteiger partial charge is 0.238 e. The van der Waals surface area contributed by atoms with Crippen molar-refractivity contribution in [2.24, 2.45) is 5.92 Å². The summed E-state index contributed by atoms with van der Waals surface area (Å²) < 4.78 is 0. The maximum atomic E-state index is 12.5. The molecule has 2 aromatic rings. The number of carbonyl (C=O) groups is 2. The van der Waals surface area contributed by atoms with Gasteiger partial charge < -0.3 is 10.6 Å². The molecule has 2 aromatic carbocycles. The summed E-state index contributed by atoms with van der Waals surface area (Å²) in [6.45, 7) is 4.02. The highest BCUT2D eigenvalue weighted by atomic mass is 32.2. The molecule has 0 bridgehead atoms. The van der Waals surface area contributed by atoms with Crippen LogP contribution in [0.4, 0.5) is 11.4 Å². The van der Waals surface area contributed by atoms with E-state index in [1.54, 1.807) is 11.8 Å². The van der Waals surface area contributed by atoms with Crippen LogP contribution in [0.1, 0.15) is 25.8 Å². The highest BCUT2D eigenvalue weighted by Crippen LogP contribution is 2.37. The van der Waals surface area contributed by atoms with Crippen LogP contribution in [-0.2, 0) is 16.0 Å². The Hall–Kier alpha value is -2.27. The number of thioether (sulfide) groups is 1. The minimum atomic E-state index is -0.0946. The molecule has 0 fully saturated rings. The average Bonchev–Trinajstić information content (AvgIpc) is 3.00. The van der Waals surface area contributed by atoms with Crippen molar-refractivity contribution in [1.82, 2.24) is 0 Å². The van der Waals surface area contributed by atoms with E-state index in [1.807, 2.05) is 50.2 Å². The van der Waals surface area contributed by atoms with Gasteiger partial charge in [0.05, 0.1) is 5.25 Å². The third kappa shape index (κ3) is 4.63. The summed E-state index contributed by atoms with van der Waals surface area (Å²) in [6.07, 6.45) is 1.26. The van der Waals surface area contributed by atoms with E-state index >= 15 is 0 Å². The topological polar surface area (TPSA) is 58.2 Å². The second kappa shape index (κ2) is 7.74. The maximum absolute atomic E-state index is 12.5. The van der Waals surface area contributed by atoms with Crippen molar-refractivity contribution in [1.29, 1.82) is 0 Å². The van der Waals surface area contributed by atoms with Crippen molar-refractivity contribution < 1.29 is 9.59 Å². The van der Waals surface area contributed by atoms with Crippen molar-refractivity contribution in [3.05, 3.63) is 54.1 Å². The average molecular weight is 354 g/mol. The SMILES string of the molecule is CC(C)CC(=O)Nc1ccc(NC(=O)C2Cc3ccccc3S2)cc1. The number of nitrogens with one attached hydrogen (secondary N) is 2. The molecule has 0 radical (unpaired) electrons. The Bertz CT molecular complexity index is 747. The van der Waals surface area contributed by atoms with Crippen LogP contribution in [0.25, 0.3) is 0 Å². The van der Waals surface area contributed by atoms with Gasteiger partial charge in [0, 0.05) is 22.7 Å². The van der Waals surface area contributed by atoms with Gasteiger partial charge in [-0.1, -0.05) is 32.0 Å². The van der Waals surface area contributed by atoms with Gasteiger partial charge in [0.15, 0.2) is 0 Å². The van der Waals surface area contributed by atoms with Gasteiger partial charge in [0.2, 0.25) is 11.8 Å². The third-order valence-corrected chi connectivity index (χ3v) is 5.29. The van der Waals surface area contributed by atoms with E-state index in [-0.39, 0.29) is 17.1 Å². The highest BCUT2D eigenvalue weighted by Gasteiger charge is 2.27. The lowest BCUT2D eigenvalue weighted by atomic mass is 10.1. The number of hydrogen-bond acceptors (Lipinski definition) is 3. The van der Waals surface area contributed by atoms with E-state index < -0.39 is 0 Å². The monoisotopic (exact) mass is 354 g/mol. The van der Waals surface area contributed by atoms with Crippen molar-refractivity contribution in [2.75, 3.05) is 10.6 Å². The molecule has 1 heterocycles. The molecule has 3 rings (SSSR count). The molecule has 2 N–H and O–H groups in total. The third-order valence-electron chi connectivity index (χ3n) is 3.97. The highest BCUT2D eigenvalue weighted by molar-refractivity contribution is 8.01. The van der Waals surface area contributed by atoms with Crippen LogP contribution in [0.15, 0.2) is 53.4 Å². The van der Waals surface area contributed by atoms with Crippen LogP contribution in [0.2, 0.25) is 0 Å². The largest absolute Gasteiger partial charge is 0.326 e. The van der Waals surface area contributed by atoms with Crippen molar-refractivity contribution in [3.63, 3.8) is 0 Å². The van der Waals surface area contributed by atoms with E-state index in [1.165, 1.54) is 10.5 Å². The number of rotatable bonds is 5. The lowest BCUT2D eigenvalue weighted by Gasteiger charge is -2.11. The lowest BCUT2D eigenvalue weighted by molar-refractivity contribution is -0.117. The Morgan fingerprint density at radius 1 is 1.04 bits per heavy atom. The second-order valence-corrected chi connectivity index (χ2v) is 7.88. The summed E-state index contributed by atoms with van der Waals surface area (Å²) in [7, 11) is 0. The van der Waals surface area contributed by atoms with Crippen LogP contribution in [0.5, 0.6) is 0 Å². The molecule has 0 aliphatic carbocycles. The zero-order valence-electron chi connectivity index (χ0n) is 14.4. The maximum Gasteiger partial charge on any atom is 0.238 e. The predicted molar refractivity (Wildman–Crippen MR) is 103 cm³/mol. The first kappa shape index (κ1) is 17.5. The Labute approximate surface area is 152 Å². The predicted octanol–water partition coefficient (Wildman–Crippen LogP) is 4.33.